The SMILES string of the molecule is CCC[C@H](CC(=O)N1CC(CCC(=O)O)C1)NC(=O)OCC1c2ccccc2-c2ccccc21. The van der Waals surface area contributed by atoms with Gasteiger partial charge in [0.1, 0.15) is 6.61 Å². The summed E-state index contributed by atoms with van der Waals surface area (Å²) < 4.78 is 5.64. The zero-order valence-corrected chi connectivity index (χ0v) is 19.5. The highest BCUT2D eigenvalue weighted by Crippen LogP contribution is 2.44. The number of carboxylic acids is 1. The van der Waals surface area contributed by atoms with Crippen molar-refractivity contribution in [3.63, 3.8) is 0 Å². The van der Waals surface area contributed by atoms with Gasteiger partial charge in [0.05, 0.1) is 0 Å². The Morgan fingerprint density at radius 2 is 1.68 bits per heavy atom. The molecule has 1 saturated heterocycles. The minimum Gasteiger partial charge on any atom is -0.481 e. The molecule has 7 heteroatoms. The van der Waals surface area contributed by atoms with E-state index in [-0.39, 0.29) is 43.2 Å². The second-order valence-electron chi connectivity index (χ2n) is 9.26. The van der Waals surface area contributed by atoms with Crippen LogP contribution in [-0.2, 0) is 14.3 Å². The quantitative estimate of drug-likeness (QED) is 0.543. The molecule has 2 N–H and O–H groups in total. The van der Waals surface area contributed by atoms with Gasteiger partial charge in [-0.2, -0.15) is 0 Å². The number of ether oxygens (including phenoxy) is 1. The molecule has 0 spiro atoms. The summed E-state index contributed by atoms with van der Waals surface area (Å²) in [4.78, 5) is 37.7. The van der Waals surface area contributed by atoms with Crippen LogP contribution in [0.5, 0.6) is 0 Å². The van der Waals surface area contributed by atoms with Crippen LogP contribution in [0.1, 0.15) is 56.1 Å². The molecule has 2 aliphatic rings. The van der Waals surface area contributed by atoms with Gasteiger partial charge in [-0.05, 0) is 41.0 Å². The predicted molar refractivity (Wildman–Crippen MR) is 128 cm³/mol. The number of alkyl carbamates (subject to hydrolysis) is 1. The molecule has 0 unspecified atom stereocenters. The van der Waals surface area contributed by atoms with Crippen molar-refractivity contribution in [1.82, 2.24) is 10.2 Å². The van der Waals surface area contributed by atoms with E-state index in [4.69, 9.17) is 9.84 Å². The van der Waals surface area contributed by atoms with E-state index in [9.17, 15) is 14.4 Å². The summed E-state index contributed by atoms with van der Waals surface area (Å²) in [5.74, 6) is -0.572. The summed E-state index contributed by atoms with van der Waals surface area (Å²) in [5, 5.41) is 11.7. The highest BCUT2D eigenvalue weighted by Gasteiger charge is 2.32. The number of nitrogens with zero attached hydrogens (tertiary/aromatic N) is 1. The van der Waals surface area contributed by atoms with Crippen LogP contribution < -0.4 is 5.32 Å². The minimum atomic E-state index is -0.805. The van der Waals surface area contributed by atoms with Crippen LogP contribution in [0.15, 0.2) is 48.5 Å². The average Bonchev–Trinajstić information content (AvgIpc) is 3.10. The third-order valence-electron chi connectivity index (χ3n) is 6.80. The number of hydrogen-bond donors (Lipinski definition) is 2. The van der Waals surface area contributed by atoms with Gasteiger partial charge in [0.25, 0.3) is 0 Å². The van der Waals surface area contributed by atoms with Gasteiger partial charge in [0, 0.05) is 37.9 Å². The van der Waals surface area contributed by atoms with E-state index in [1.54, 1.807) is 4.90 Å². The monoisotopic (exact) mass is 464 g/mol. The summed E-state index contributed by atoms with van der Waals surface area (Å²) in [6.07, 6.45) is 1.97. The zero-order valence-electron chi connectivity index (χ0n) is 19.5. The molecule has 34 heavy (non-hydrogen) atoms. The Hall–Kier alpha value is -3.35. The zero-order chi connectivity index (χ0) is 24.1. The van der Waals surface area contributed by atoms with Gasteiger partial charge >= 0.3 is 12.1 Å². The topological polar surface area (TPSA) is 95.9 Å². The van der Waals surface area contributed by atoms with E-state index < -0.39 is 12.1 Å². The summed E-state index contributed by atoms with van der Waals surface area (Å²) in [6.45, 7) is 3.44. The molecular formula is C27H32N2O5. The Labute approximate surface area is 200 Å². The summed E-state index contributed by atoms with van der Waals surface area (Å²) in [5.41, 5.74) is 4.68. The number of fused-ring (bicyclic) bond motifs is 3. The fourth-order valence-corrected chi connectivity index (χ4v) is 5.00. The molecule has 2 amide bonds. The number of benzene rings is 2. The maximum Gasteiger partial charge on any atom is 0.407 e. The molecule has 1 aliphatic carbocycles. The third-order valence-corrected chi connectivity index (χ3v) is 6.80. The predicted octanol–water partition coefficient (Wildman–Crippen LogP) is 4.41. The molecule has 0 bridgehead atoms. The van der Waals surface area contributed by atoms with E-state index in [0.717, 1.165) is 17.5 Å². The van der Waals surface area contributed by atoms with Crippen LogP contribution >= 0.6 is 0 Å². The summed E-state index contributed by atoms with van der Waals surface area (Å²) in [6, 6.07) is 16.1. The Morgan fingerprint density at radius 1 is 1.06 bits per heavy atom. The highest BCUT2D eigenvalue weighted by atomic mass is 16.5. The Kier molecular flexibility index (Phi) is 7.50. The number of amides is 2. The lowest BCUT2D eigenvalue weighted by molar-refractivity contribution is -0.139. The number of hydrogen-bond acceptors (Lipinski definition) is 4. The van der Waals surface area contributed by atoms with Crippen molar-refractivity contribution in [3.05, 3.63) is 59.7 Å². The fraction of sp³-hybridized carbons (Fsp3) is 0.444. The van der Waals surface area contributed by atoms with Crippen LogP contribution in [0.2, 0.25) is 0 Å². The van der Waals surface area contributed by atoms with E-state index in [1.165, 1.54) is 11.1 Å². The highest BCUT2D eigenvalue weighted by molar-refractivity contribution is 5.80. The van der Waals surface area contributed by atoms with Crippen LogP contribution in [0.4, 0.5) is 4.79 Å². The Bertz CT molecular complexity index is 1000. The van der Waals surface area contributed by atoms with E-state index >= 15 is 0 Å². The molecular weight excluding hydrogens is 432 g/mol. The molecule has 4 rings (SSSR count). The maximum atomic E-state index is 12.6. The van der Waals surface area contributed by atoms with Crippen molar-refractivity contribution < 1.29 is 24.2 Å². The van der Waals surface area contributed by atoms with Gasteiger partial charge in [-0.25, -0.2) is 4.79 Å². The third kappa shape index (κ3) is 5.41. The number of aliphatic carboxylic acids is 1. The first-order valence-electron chi connectivity index (χ1n) is 12.1. The van der Waals surface area contributed by atoms with Gasteiger partial charge in [-0.3, -0.25) is 9.59 Å². The molecule has 0 saturated carbocycles. The van der Waals surface area contributed by atoms with Crippen molar-refractivity contribution in [2.75, 3.05) is 19.7 Å². The summed E-state index contributed by atoms with van der Waals surface area (Å²) >= 11 is 0. The number of nitrogens with one attached hydrogen (secondary N) is 1. The van der Waals surface area contributed by atoms with Crippen molar-refractivity contribution >= 4 is 18.0 Å². The second-order valence-corrected chi connectivity index (χ2v) is 9.26. The normalized spacial score (nSPS) is 15.7. The first-order valence-corrected chi connectivity index (χ1v) is 12.1. The van der Waals surface area contributed by atoms with Gasteiger partial charge < -0.3 is 20.1 Å². The molecule has 1 fully saturated rings. The van der Waals surface area contributed by atoms with Gasteiger partial charge in [-0.1, -0.05) is 61.9 Å². The number of likely N-dealkylation sites (tertiary alicyclic amines) is 1. The molecule has 1 aliphatic heterocycles. The molecule has 0 radical (unpaired) electrons. The molecule has 2 aromatic carbocycles. The number of carbonyl (C=O) groups is 3. The molecule has 180 valence electrons. The first kappa shape index (κ1) is 23.8. The Balaban J connectivity index is 1.28. The lowest BCUT2D eigenvalue weighted by Gasteiger charge is -2.40. The van der Waals surface area contributed by atoms with Crippen molar-refractivity contribution in [2.24, 2.45) is 5.92 Å². The van der Waals surface area contributed by atoms with Crippen molar-refractivity contribution in [1.29, 1.82) is 0 Å². The maximum absolute atomic E-state index is 12.6. The van der Waals surface area contributed by atoms with Crippen molar-refractivity contribution in [3.8, 4) is 11.1 Å². The summed E-state index contributed by atoms with van der Waals surface area (Å²) in [7, 11) is 0. The molecule has 1 atom stereocenters. The Morgan fingerprint density at radius 3 is 2.26 bits per heavy atom. The van der Waals surface area contributed by atoms with Crippen LogP contribution in [0.3, 0.4) is 0 Å². The van der Waals surface area contributed by atoms with Crippen LogP contribution in [-0.4, -0.2) is 53.7 Å². The first-order chi connectivity index (χ1) is 16.5. The fourth-order valence-electron chi connectivity index (χ4n) is 5.00. The van der Waals surface area contributed by atoms with Crippen LogP contribution in [0, 0.1) is 5.92 Å². The molecule has 7 nitrogen and oxygen atoms in total. The van der Waals surface area contributed by atoms with Gasteiger partial charge in [-0.15, -0.1) is 0 Å². The molecule has 0 aromatic heterocycles. The van der Waals surface area contributed by atoms with E-state index in [1.807, 2.05) is 31.2 Å². The smallest absolute Gasteiger partial charge is 0.407 e. The standard InChI is InChI=1S/C27H32N2O5/c1-2-7-19(14-25(30)29-15-18(16-29)12-13-26(31)32)28-27(33)34-17-24-22-10-5-3-8-20(22)21-9-4-6-11-23(21)24/h3-6,8-11,18-19,24H,2,7,12-17H2,1H3,(H,28,33)(H,31,32)/t19-/m1/s1. The number of carboxylic acid groups (broad SMARTS) is 1. The van der Waals surface area contributed by atoms with Crippen LogP contribution in [0.25, 0.3) is 11.1 Å². The second kappa shape index (κ2) is 10.7. The van der Waals surface area contributed by atoms with Gasteiger partial charge in [0.15, 0.2) is 0 Å². The number of carbonyl (C=O) groups excluding carboxylic acids is 2. The lowest BCUT2D eigenvalue weighted by Crippen LogP contribution is -2.51. The minimum absolute atomic E-state index is 0.00627. The van der Waals surface area contributed by atoms with E-state index in [2.05, 4.69) is 29.6 Å². The van der Waals surface area contributed by atoms with Crippen molar-refractivity contribution in [2.45, 2.75) is 51.0 Å². The van der Waals surface area contributed by atoms with E-state index in [0.29, 0.717) is 25.9 Å². The van der Waals surface area contributed by atoms with Gasteiger partial charge in [0.2, 0.25) is 5.91 Å². The average molecular weight is 465 g/mol. The molecule has 2 aromatic rings. The number of rotatable bonds is 10. The lowest BCUT2D eigenvalue weighted by atomic mass is 9.93. The largest absolute Gasteiger partial charge is 0.481 e. The molecule has 1 heterocycles.